The van der Waals surface area contributed by atoms with E-state index in [9.17, 15) is 9.59 Å². The lowest BCUT2D eigenvalue weighted by atomic mass is 10.0. The summed E-state index contributed by atoms with van der Waals surface area (Å²) in [5.74, 6) is -0.254. The lowest BCUT2D eigenvalue weighted by molar-refractivity contribution is -0.125. The van der Waals surface area contributed by atoms with Gasteiger partial charge >= 0.3 is 0 Å². The number of amides is 1. The highest BCUT2D eigenvalue weighted by molar-refractivity contribution is 6.03. The van der Waals surface area contributed by atoms with Crippen LogP contribution in [-0.4, -0.2) is 29.7 Å². The zero-order valence-corrected chi connectivity index (χ0v) is 13.7. The first-order valence-electron chi connectivity index (χ1n) is 7.60. The number of Topliss-reactive ketones (excluding diaryl/α,β-unsaturated/α-hetero) is 1. The van der Waals surface area contributed by atoms with Crippen LogP contribution in [0.3, 0.4) is 0 Å². The number of ketones is 1. The smallest absolute Gasteiger partial charge is 0.246 e. The van der Waals surface area contributed by atoms with Crippen molar-refractivity contribution in [3.63, 3.8) is 0 Å². The van der Waals surface area contributed by atoms with Crippen molar-refractivity contribution in [1.82, 2.24) is 4.90 Å². The van der Waals surface area contributed by atoms with Crippen molar-refractivity contribution in [1.29, 1.82) is 0 Å². The van der Waals surface area contributed by atoms with Gasteiger partial charge in [-0.1, -0.05) is 60.2 Å². The largest absolute Gasteiger partial charge is 0.332 e. The van der Waals surface area contributed by atoms with Crippen LogP contribution in [0.1, 0.15) is 28.4 Å². The third-order valence-corrected chi connectivity index (χ3v) is 3.86. The summed E-state index contributed by atoms with van der Waals surface area (Å²) in [4.78, 5) is 26.2. The van der Waals surface area contributed by atoms with Gasteiger partial charge in [-0.3, -0.25) is 9.59 Å². The Labute approximate surface area is 137 Å². The zero-order valence-electron chi connectivity index (χ0n) is 13.7. The van der Waals surface area contributed by atoms with Crippen LogP contribution in [0.15, 0.2) is 60.7 Å². The van der Waals surface area contributed by atoms with Crippen LogP contribution in [0.5, 0.6) is 0 Å². The Kier molecular flexibility index (Phi) is 5.47. The quantitative estimate of drug-likeness (QED) is 0.623. The summed E-state index contributed by atoms with van der Waals surface area (Å²) < 4.78 is 0. The van der Waals surface area contributed by atoms with Gasteiger partial charge in [0.15, 0.2) is 5.78 Å². The molecule has 1 amide bonds. The average molecular weight is 307 g/mol. The Morgan fingerprint density at radius 1 is 1.00 bits per heavy atom. The second kappa shape index (κ2) is 7.54. The molecule has 0 saturated carbocycles. The van der Waals surface area contributed by atoms with Crippen molar-refractivity contribution in [3.05, 3.63) is 77.4 Å². The van der Waals surface area contributed by atoms with E-state index in [0.29, 0.717) is 5.56 Å². The second-order valence-electron chi connectivity index (χ2n) is 5.60. The molecule has 2 aromatic rings. The van der Waals surface area contributed by atoms with E-state index in [4.69, 9.17) is 0 Å². The van der Waals surface area contributed by atoms with E-state index in [1.807, 2.05) is 49.4 Å². The molecule has 0 heterocycles. The summed E-state index contributed by atoms with van der Waals surface area (Å²) in [6.45, 7) is 3.72. The summed E-state index contributed by atoms with van der Waals surface area (Å²) in [6.07, 6.45) is 3.25. The molecule has 23 heavy (non-hydrogen) atoms. The number of likely N-dealkylation sites (N-methyl/N-ethyl adjacent to an activating group) is 1. The number of hydrogen-bond donors (Lipinski definition) is 0. The lowest BCUT2D eigenvalue weighted by Gasteiger charge is -2.22. The molecule has 0 aliphatic heterocycles. The molecule has 1 atom stereocenters. The fourth-order valence-corrected chi connectivity index (χ4v) is 2.18. The Balaban J connectivity index is 2.05. The van der Waals surface area contributed by atoms with Gasteiger partial charge in [0, 0.05) is 18.7 Å². The minimum atomic E-state index is -0.509. The minimum absolute atomic E-state index is 0.0611. The van der Waals surface area contributed by atoms with Gasteiger partial charge in [0.1, 0.15) is 0 Å². The van der Waals surface area contributed by atoms with Gasteiger partial charge in [-0.25, -0.2) is 0 Å². The molecule has 0 radical (unpaired) electrons. The van der Waals surface area contributed by atoms with Crippen LogP contribution in [0.2, 0.25) is 0 Å². The van der Waals surface area contributed by atoms with E-state index in [0.717, 1.165) is 11.1 Å². The molecule has 3 nitrogen and oxygen atoms in total. The first kappa shape index (κ1) is 16.7. The van der Waals surface area contributed by atoms with Crippen LogP contribution >= 0.6 is 0 Å². The molecule has 0 N–H and O–H groups in total. The van der Waals surface area contributed by atoms with Gasteiger partial charge in [-0.15, -0.1) is 0 Å². The second-order valence-corrected chi connectivity index (χ2v) is 5.60. The topological polar surface area (TPSA) is 37.4 Å². The highest BCUT2D eigenvalue weighted by Crippen LogP contribution is 2.10. The lowest BCUT2D eigenvalue weighted by Crippen LogP contribution is -2.39. The molecule has 0 aliphatic rings. The van der Waals surface area contributed by atoms with Crippen molar-refractivity contribution >= 4 is 17.8 Å². The third-order valence-electron chi connectivity index (χ3n) is 3.86. The number of rotatable bonds is 5. The number of nitrogens with zero attached hydrogens (tertiary/aromatic N) is 1. The molecule has 0 saturated heterocycles. The van der Waals surface area contributed by atoms with E-state index in [-0.39, 0.29) is 11.7 Å². The molecule has 0 bridgehead atoms. The molecule has 2 rings (SSSR count). The van der Waals surface area contributed by atoms with Crippen LogP contribution in [0.25, 0.3) is 6.08 Å². The van der Waals surface area contributed by atoms with Crippen molar-refractivity contribution in [2.75, 3.05) is 7.05 Å². The van der Waals surface area contributed by atoms with Crippen LogP contribution < -0.4 is 0 Å². The van der Waals surface area contributed by atoms with E-state index in [1.54, 1.807) is 32.2 Å². The van der Waals surface area contributed by atoms with Gasteiger partial charge < -0.3 is 4.90 Å². The summed E-state index contributed by atoms with van der Waals surface area (Å²) in [5, 5.41) is 0. The highest BCUT2D eigenvalue weighted by Gasteiger charge is 2.22. The third kappa shape index (κ3) is 4.39. The molecular formula is C20H21NO2. The molecule has 3 heteroatoms. The number of hydrogen-bond acceptors (Lipinski definition) is 2. The Bertz CT molecular complexity index is 702. The minimum Gasteiger partial charge on any atom is -0.332 e. The SMILES string of the molecule is Cc1ccc(C(=O)C(C)N(C)C(=O)/C=C/c2ccccc2)cc1. The summed E-state index contributed by atoms with van der Waals surface area (Å²) in [7, 11) is 1.65. The van der Waals surface area contributed by atoms with Crippen molar-refractivity contribution in [2.24, 2.45) is 0 Å². The van der Waals surface area contributed by atoms with Gasteiger partial charge in [0.05, 0.1) is 6.04 Å². The molecule has 118 valence electrons. The van der Waals surface area contributed by atoms with Gasteiger partial charge in [0.2, 0.25) is 5.91 Å². The normalized spacial score (nSPS) is 12.1. The Hall–Kier alpha value is -2.68. The van der Waals surface area contributed by atoms with Crippen LogP contribution in [-0.2, 0) is 4.79 Å². The summed E-state index contributed by atoms with van der Waals surface area (Å²) in [6, 6.07) is 16.5. The Morgan fingerprint density at radius 3 is 2.22 bits per heavy atom. The van der Waals surface area contributed by atoms with Crippen LogP contribution in [0.4, 0.5) is 0 Å². The van der Waals surface area contributed by atoms with Gasteiger partial charge in [-0.2, -0.15) is 0 Å². The summed E-state index contributed by atoms with van der Waals surface area (Å²) >= 11 is 0. The maximum absolute atomic E-state index is 12.5. The monoisotopic (exact) mass is 307 g/mol. The number of benzene rings is 2. The molecule has 2 aromatic carbocycles. The van der Waals surface area contributed by atoms with E-state index in [1.165, 1.54) is 11.0 Å². The summed E-state index contributed by atoms with van der Waals surface area (Å²) in [5.41, 5.74) is 2.67. The van der Waals surface area contributed by atoms with Gasteiger partial charge in [-0.05, 0) is 25.5 Å². The predicted molar refractivity (Wildman–Crippen MR) is 93.2 cm³/mol. The molecule has 0 fully saturated rings. The number of carbonyl (C=O) groups excluding carboxylic acids is 2. The van der Waals surface area contributed by atoms with E-state index in [2.05, 4.69) is 0 Å². The first-order chi connectivity index (χ1) is 11.0. The van der Waals surface area contributed by atoms with E-state index < -0.39 is 6.04 Å². The zero-order chi connectivity index (χ0) is 16.8. The van der Waals surface area contributed by atoms with Crippen molar-refractivity contribution in [3.8, 4) is 0 Å². The van der Waals surface area contributed by atoms with Crippen molar-refractivity contribution < 1.29 is 9.59 Å². The molecular weight excluding hydrogens is 286 g/mol. The molecule has 0 aromatic heterocycles. The van der Waals surface area contributed by atoms with Gasteiger partial charge in [0.25, 0.3) is 0 Å². The van der Waals surface area contributed by atoms with Crippen LogP contribution in [0, 0.1) is 6.92 Å². The highest BCUT2D eigenvalue weighted by atomic mass is 16.2. The Morgan fingerprint density at radius 2 is 1.61 bits per heavy atom. The number of carbonyl (C=O) groups is 2. The molecule has 0 aliphatic carbocycles. The average Bonchev–Trinajstić information content (AvgIpc) is 2.59. The molecule has 1 unspecified atom stereocenters. The standard InChI is InChI=1S/C20H21NO2/c1-15-9-12-18(13-10-15)20(23)16(2)21(3)19(22)14-11-17-7-5-4-6-8-17/h4-14,16H,1-3H3/b14-11+. The fourth-order valence-electron chi connectivity index (χ4n) is 2.18. The molecule has 0 spiro atoms. The first-order valence-corrected chi connectivity index (χ1v) is 7.60. The maximum atomic E-state index is 12.5. The fraction of sp³-hybridized carbons (Fsp3) is 0.200. The van der Waals surface area contributed by atoms with Crippen molar-refractivity contribution in [2.45, 2.75) is 19.9 Å². The maximum Gasteiger partial charge on any atom is 0.246 e. The number of aryl methyl sites for hydroxylation is 1. The predicted octanol–water partition coefficient (Wildman–Crippen LogP) is 3.74. The van der Waals surface area contributed by atoms with E-state index >= 15 is 0 Å².